The minimum absolute atomic E-state index is 0.0230. The van der Waals surface area contributed by atoms with Gasteiger partial charge in [-0.05, 0) is 35.7 Å². The number of allylic oxidation sites excluding steroid dienone is 2. The number of carbonyl (C=O) groups excluding carboxylic acids is 1. The van der Waals surface area contributed by atoms with Crippen molar-refractivity contribution in [1.29, 1.82) is 0 Å². The van der Waals surface area contributed by atoms with E-state index < -0.39 is 0 Å². The Labute approximate surface area is 171 Å². The highest BCUT2D eigenvalue weighted by Crippen LogP contribution is 2.28. The highest BCUT2D eigenvalue weighted by molar-refractivity contribution is 5.74. The molecule has 7 heteroatoms. The Morgan fingerprint density at radius 1 is 1.14 bits per heavy atom. The Morgan fingerprint density at radius 2 is 1.90 bits per heavy atom. The number of fused-ring (bicyclic) bond motifs is 1. The molecule has 2 atom stereocenters. The second-order valence-corrected chi connectivity index (χ2v) is 7.23. The van der Waals surface area contributed by atoms with Gasteiger partial charge in [0.25, 0.3) is 0 Å². The molecule has 0 spiro atoms. The van der Waals surface area contributed by atoms with E-state index in [1.165, 1.54) is 5.57 Å². The molecule has 0 aromatic heterocycles. The molecule has 2 aliphatic rings. The number of hydrogen-bond donors (Lipinski definition) is 4. The van der Waals surface area contributed by atoms with Gasteiger partial charge >= 0.3 is 0 Å². The number of hydrogen-bond acceptors (Lipinski definition) is 6. The number of benzene rings is 1. The summed E-state index contributed by atoms with van der Waals surface area (Å²) >= 11 is 0. The van der Waals surface area contributed by atoms with Crippen LogP contribution in [0.25, 0.3) is 0 Å². The molecule has 0 saturated carbocycles. The van der Waals surface area contributed by atoms with Gasteiger partial charge in [0.2, 0.25) is 5.91 Å². The van der Waals surface area contributed by atoms with Crippen molar-refractivity contribution < 1.29 is 19.9 Å². The number of amides is 1. The predicted octanol–water partition coefficient (Wildman–Crippen LogP) is 1.84. The minimum atomic E-state index is -0.390. The van der Waals surface area contributed by atoms with Crippen LogP contribution in [0.1, 0.15) is 24.0 Å². The zero-order chi connectivity index (χ0) is 20.5. The Morgan fingerprint density at radius 3 is 2.66 bits per heavy atom. The van der Waals surface area contributed by atoms with Gasteiger partial charge in [-0.15, -0.1) is 0 Å². The van der Waals surface area contributed by atoms with E-state index in [1.807, 2.05) is 29.3 Å². The quantitative estimate of drug-likeness (QED) is 0.335. The molecule has 3 rings (SSSR count). The topological polar surface area (TPSA) is 94.1 Å². The van der Waals surface area contributed by atoms with Crippen LogP contribution < -0.4 is 10.8 Å². The van der Waals surface area contributed by atoms with Crippen LogP contribution in [0.2, 0.25) is 0 Å². The van der Waals surface area contributed by atoms with Crippen molar-refractivity contribution in [2.24, 2.45) is 5.92 Å². The lowest BCUT2D eigenvalue weighted by molar-refractivity contribution is -0.172. The van der Waals surface area contributed by atoms with Crippen LogP contribution in [-0.2, 0) is 22.6 Å². The number of aliphatic hydroxyl groups is 1. The zero-order valence-corrected chi connectivity index (χ0v) is 16.5. The van der Waals surface area contributed by atoms with E-state index in [0.717, 1.165) is 24.1 Å². The van der Waals surface area contributed by atoms with Crippen LogP contribution in [-0.4, -0.2) is 47.1 Å². The molecule has 29 heavy (non-hydrogen) atoms. The largest absolute Gasteiger partial charge is 0.394 e. The van der Waals surface area contributed by atoms with Gasteiger partial charge in [0.05, 0.1) is 19.3 Å². The second kappa shape index (κ2) is 10.9. The zero-order valence-electron chi connectivity index (χ0n) is 16.5. The number of aryl methyl sites for hydroxylation is 1. The molecule has 1 aliphatic carbocycles. The molecule has 1 aliphatic heterocycles. The first-order valence-corrected chi connectivity index (χ1v) is 9.99. The molecule has 0 saturated heterocycles. The molecule has 1 heterocycles. The molecular formula is C22H29N3O4. The normalized spacial score (nSPS) is 19.8. The van der Waals surface area contributed by atoms with Crippen molar-refractivity contribution in [1.82, 2.24) is 15.9 Å². The van der Waals surface area contributed by atoms with Crippen molar-refractivity contribution in [3.63, 3.8) is 0 Å². The Balaban J connectivity index is 1.52. The van der Waals surface area contributed by atoms with Crippen LogP contribution in [0.3, 0.4) is 0 Å². The summed E-state index contributed by atoms with van der Waals surface area (Å²) in [6.45, 7) is 1.58. The van der Waals surface area contributed by atoms with Crippen molar-refractivity contribution in [3.8, 4) is 0 Å². The minimum Gasteiger partial charge on any atom is -0.394 e. The van der Waals surface area contributed by atoms with Crippen LogP contribution in [0, 0.1) is 5.92 Å². The molecule has 1 amide bonds. The van der Waals surface area contributed by atoms with Crippen LogP contribution in [0.5, 0.6) is 0 Å². The molecule has 1 aromatic carbocycles. The van der Waals surface area contributed by atoms with Crippen LogP contribution in [0.4, 0.5) is 0 Å². The molecule has 0 bridgehead atoms. The smallest absolute Gasteiger partial charge is 0.243 e. The van der Waals surface area contributed by atoms with E-state index in [-0.39, 0.29) is 25.5 Å². The third kappa shape index (κ3) is 6.27. The number of carbonyl (C=O) groups is 1. The van der Waals surface area contributed by atoms with Crippen molar-refractivity contribution in [3.05, 3.63) is 71.5 Å². The SMILES string of the molecule is O=C(CCc1ccc(CN(CCC2=CNC3C=CC=CC23)OCCO)cc1)NO. The predicted molar refractivity (Wildman–Crippen MR) is 110 cm³/mol. The van der Waals surface area contributed by atoms with Crippen LogP contribution in [0.15, 0.2) is 60.3 Å². The van der Waals surface area contributed by atoms with Crippen molar-refractivity contribution in [2.75, 3.05) is 19.8 Å². The summed E-state index contributed by atoms with van der Waals surface area (Å²) in [6.07, 6.45) is 12.4. The number of hydroxylamine groups is 3. The van der Waals surface area contributed by atoms with E-state index in [0.29, 0.717) is 24.9 Å². The van der Waals surface area contributed by atoms with Crippen LogP contribution >= 0.6 is 0 Å². The molecule has 0 fully saturated rings. The number of nitrogens with zero attached hydrogens (tertiary/aromatic N) is 1. The highest BCUT2D eigenvalue weighted by atomic mass is 16.7. The maximum Gasteiger partial charge on any atom is 0.243 e. The molecule has 0 radical (unpaired) electrons. The van der Waals surface area contributed by atoms with E-state index in [4.69, 9.17) is 15.2 Å². The second-order valence-electron chi connectivity index (χ2n) is 7.23. The third-order valence-corrected chi connectivity index (χ3v) is 5.19. The van der Waals surface area contributed by atoms with Crippen molar-refractivity contribution in [2.45, 2.75) is 31.8 Å². The summed E-state index contributed by atoms with van der Waals surface area (Å²) in [5.41, 5.74) is 5.13. The first kappa shape index (κ1) is 21.3. The lowest BCUT2D eigenvalue weighted by Crippen LogP contribution is -2.28. The fraction of sp³-hybridized carbons (Fsp3) is 0.409. The van der Waals surface area contributed by atoms with Gasteiger partial charge in [-0.25, -0.2) is 5.48 Å². The molecular weight excluding hydrogens is 370 g/mol. The number of aliphatic hydroxyl groups excluding tert-OH is 1. The first-order valence-electron chi connectivity index (χ1n) is 9.99. The molecule has 1 aromatic rings. The Hall–Kier alpha value is -2.45. The van der Waals surface area contributed by atoms with Gasteiger partial charge in [-0.2, -0.15) is 5.06 Å². The fourth-order valence-electron chi connectivity index (χ4n) is 3.60. The molecule has 7 nitrogen and oxygen atoms in total. The Bertz CT molecular complexity index is 758. The summed E-state index contributed by atoms with van der Waals surface area (Å²) in [4.78, 5) is 16.9. The van der Waals surface area contributed by atoms with E-state index in [2.05, 4.69) is 35.8 Å². The monoisotopic (exact) mass is 399 g/mol. The first-order chi connectivity index (χ1) is 14.2. The molecule has 4 N–H and O–H groups in total. The summed E-state index contributed by atoms with van der Waals surface area (Å²) in [6, 6.07) is 8.35. The number of nitrogens with one attached hydrogen (secondary N) is 2. The number of rotatable bonds is 11. The average molecular weight is 399 g/mol. The maximum atomic E-state index is 11.1. The summed E-state index contributed by atoms with van der Waals surface area (Å²) < 4.78 is 0. The van der Waals surface area contributed by atoms with E-state index in [1.54, 1.807) is 5.48 Å². The van der Waals surface area contributed by atoms with Gasteiger partial charge in [-0.1, -0.05) is 48.6 Å². The van der Waals surface area contributed by atoms with Gasteiger partial charge in [0, 0.05) is 25.4 Å². The summed E-state index contributed by atoms with van der Waals surface area (Å²) in [7, 11) is 0. The lowest BCUT2D eigenvalue weighted by atomic mass is 9.90. The van der Waals surface area contributed by atoms with E-state index >= 15 is 0 Å². The lowest BCUT2D eigenvalue weighted by Gasteiger charge is -2.24. The van der Waals surface area contributed by atoms with Gasteiger partial charge in [0.1, 0.15) is 0 Å². The van der Waals surface area contributed by atoms with E-state index in [9.17, 15) is 4.79 Å². The van der Waals surface area contributed by atoms with Gasteiger partial charge in [0.15, 0.2) is 0 Å². The fourth-order valence-corrected chi connectivity index (χ4v) is 3.60. The van der Waals surface area contributed by atoms with Gasteiger partial charge in [-0.3, -0.25) is 14.8 Å². The summed E-state index contributed by atoms with van der Waals surface area (Å²) in [5, 5.41) is 23.0. The highest BCUT2D eigenvalue weighted by Gasteiger charge is 2.26. The average Bonchev–Trinajstić information content (AvgIpc) is 3.18. The maximum absolute atomic E-state index is 11.1. The Kier molecular flexibility index (Phi) is 8.01. The van der Waals surface area contributed by atoms with Gasteiger partial charge < -0.3 is 10.4 Å². The third-order valence-electron chi connectivity index (χ3n) is 5.19. The molecule has 156 valence electrons. The summed E-state index contributed by atoms with van der Waals surface area (Å²) in [5.74, 6) is 0.00833. The van der Waals surface area contributed by atoms with Crippen molar-refractivity contribution >= 4 is 5.91 Å². The molecule has 2 unspecified atom stereocenters. The standard InChI is InChI=1S/C22H29N3O4/c26-13-14-29-25(12-11-19-15-23-21-4-2-1-3-20(19)21)16-18-7-5-17(6-8-18)9-10-22(27)24-28/h1-8,15,20-21,23,26,28H,9-14,16H2,(H,24,27).